The van der Waals surface area contributed by atoms with Gasteiger partial charge in [-0.05, 0) is 30.0 Å². The van der Waals surface area contributed by atoms with Gasteiger partial charge in [0, 0.05) is 5.39 Å². The molecular weight excluding hydrogens is 316 g/mol. The molecule has 0 atom stereocenters. The maximum absolute atomic E-state index is 12.7. The number of carbonyl (C=O) groups is 2. The molecule has 3 aromatic carbocycles. The standard InChI is InChI=1S/C21H18O4/c1-2-13-24-19-10-6-5-9-18(19)21(23)25-20-16(14-22)12-11-15-7-3-4-8-17(15)20/h3-12,14H,2,13H2,1H3. The molecule has 4 heteroatoms. The summed E-state index contributed by atoms with van der Waals surface area (Å²) in [6, 6.07) is 17.9. The van der Waals surface area contributed by atoms with E-state index in [1.807, 2.05) is 37.3 Å². The molecule has 3 rings (SSSR count). The van der Waals surface area contributed by atoms with Crippen LogP contribution in [0.15, 0.2) is 60.7 Å². The van der Waals surface area contributed by atoms with E-state index in [1.54, 1.807) is 30.3 Å². The second-order valence-corrected chi connectivity index (χ2v) is 5.56. The highest BCUT2D eigenvalue weighted by Crippen LogP contribution is 2.30. The van der Waals surface area contributed by atoms with Gasteiger partial charge in [-0.25, -0.2) is 4.79 Å². The van der Waals surface area contributed by atoms with E-state index in [-0.39, 0.29) is 5.75 Å². The summed E-state index contributed by atoms with van der Waals surface area (Å²) in [6.45, 7) is 2.51. The van der Waals surface area contributed by atoms with Crippen LogP contribution in [-0.4, -0.2) is 18.9 Å². The van der Waals surface area contributed by atoms with E-state index in [0.717, 1.165) is 11.8 Å². The van der Waals surface area contributed by atoms with Gasteiger partial charge in [0.2, 0.25) is 0 Å². The summed E-state index contributed by atoms with van der Waals surface area (Å²) < 4.78 is 11.2. The molecule has 25 heavy (non-hydrogen) atoms. The normalized spacial score (nSPS) is 10.4. The fourth-order valence-corrected chi connectivity index (χ4v) is 2.59. The van der Waals surface area contributed by atoms with Crippen LogP contribution < -0.4 is 9.47 Å². The molecule has 0 heterocycles. The summed E-state index contributed by atoms with van der Waals surface area (Å²) in [6.07, 6.45) is 1.52. The Morgan fingerprint density at radius 1 is 1.00 bits per heavy atom. The minimum absolute atomic E-state index is 0.267. The highest BCUT2D eigenvalue weighted by Gasteiger charge is 2.18. The third kappa shape index (κ3) is 3.53. The molecule has 0 aromatic heterocycles. The maximum atomic E-state index is 12.7. The predicted molar refractivity (Wildman–Crippen MR) is 96.5 cm³/mol. The van der Waals surface area contributed by atoms with Gasteiger partial charge in [0.1, 0.15) is 17.1 Å². The van der Waals surface area contributed by atoms with E-state index >= 15 is 0 Å². The zero-order chi connectivity index (χ0) is 17.6. The number of ether oxygens (including phenoxy) is 2. The topological polar surface area (TPSA) is 52.6 Å². The van der Waals surface area contributed by atoms with Crippen LogP contribution in [0.2, 0.25) is 0 Å². The van der Waals surface area contributed by atoms with E-state index < -0.39 is 5.97 Å². The molecule has 0 bridgehead atoms. The van der Waals surface area contributed by atoms with Gasteiger partial charge in [-0.15, -0.1) is 0 Å². The average molecular weight is 334 g/mol. The van der Waals surface area contributed by atoms with Crippen LogP contribution in [0.3, 0.4) is 0 Å². The molecule has 0 saturated carbocycles. The van der Waals surface area contributed by atoms with Crippen molar-refractivity contribution in [3.05, 3.63) is 71.8 Å². The third-order valence-electron chi connectivity index (χ3n) is 3.80. The molecule has 0 aliphatic carbocycles. The van der Waals surface area contributed by atoms with Crippen LogP contribution >= 0.6 is 0 Å². The minimum Gasteiger partial charge on any atom is -0.493 e. The van der Waals surface area contributed by atoms with Crippen molar-refractivity contribution in [1.82, 2.24) is 0 Å². The Hall–Kier alpha value is -3.14. The lowest BCUT2D eigenvalue weighted by molar-refractivity contribution is 0.0731. The Labute approximate surface area is 146 Å². The summed E-state index contributed by atoms with van der Waals surface area (Å²) in [7, 11) is 0. The predicted octanol–water partition coefficient (Wildman–Crippen LogP) is 4.66. The smallest absolute Gasteiger partial charge is 0.347 e. The Morgan fingerprint density at radius 2 is 1.76 bits per heavy atom. The maximum Gasteiger partial charge on any atom is 0.347 e. The van der Waals surface area contributed by atoms with Gasteiger partial charge < -0.3 is 9.47 Å². The summed E-state index contributed by atoms with van der Waals surface area (Å²) >= 11 is 0. The second-order valence-electron chi connectivity index (χ2n) is 5.56. The number of hydrogen-bond acceptors (Lipinski definition) is 4. The number of para-hydroxylation sites is 1. The first kappa shape index (κ1) is 16.7. The van der Waals surface area contributed by atoms with Gasteiger partial charge in [-0.1, -0.05) is 49.4 Å². The minimum atomic E-state index is -0.550. The molecule has 3 aromatic rings. The summed E-state index contributed by atoms with van der Waals surface area (Å²) in [5.41, 5.74) is 0.666. The molecule has 4 nitrogen and oxygen atoms in total. The quantitative estimate of drug-likeness (QED) is 0.374. The summed E-state index contributed by atoms with van der Waals surface area (Å²) in [5, 5.41) is 1.61. The molecule has 0 aliphatic heterocycles. The Morgan fingerprint density at radius 3 is 2.56 bits per heavy atom. The lowest BCUT2D eigenvalue weighted by atomic mass is 10.1. The number of esters is 1. The van der Waals surface area contributed by atoms with Crippen LogP contribution in [-0.2, 0) is 0 Å². The Bertz CT molecular complexity index is 915. The van der Waals surface area contributed by atoms with Crippen molar-refractivity contribution in [2.75, 3.05) is 6.61 Å². The number of hydrogen-bond donors (Lipinski definition) is 0. The number of aldehydes is 1. The molecule has 0 spiro atoms. The van der Waals surface area contributed by atoms with Gasteiger partial charge >= 0.3 is 5.97 Å². The van der Waals surface area contributed by atoms with Gasteiger partial charge in [0.05, 0.1) is 12.2 Å². The summed E-state index contributed by atoms with van der Waals surface area (Å²) in [5.74, 6) is 0.191. The van der Waals surface area contributed by atoms with Crippen LogP contribution in [0.1, 0.15) is 34.1 Å². The first-order chi connectivity index (χ1) is 12.2. The molecule has 0 amide bonds. The van der Waals surface area contributed by atoms with E-state index in [9.17, 15) is 9.59 Å². The molecule has 126 valence electrons. The van der Waals surface area contributed by atoms with Gasteiger partial charge in [0.25, 0.3) is 0 Å². The lowest BCUT2D eigenvalue weighted by Crippen LogP contribution is -2.12. The fraction of sp³-hybridized carbons (Fsp3) is 0.143. The molecule has 0 fully saturated rings. The molecule has 0 radical (unpaired) electrons. The van der Waals surface area contributed by atoms with Crippen molar-refractivity contribution in [2.24, 2.45) is 0 Å². The van der Waals surface area contributed by atoms with E-state index in [2.05, 4.69) is 0 Å². The van der Waals surface area contributed by atoms with Crippen molar-refractivity contribution >= 4 is 23.0 Å². The van der Waals surface area contributed by atoms with Gasteiger partial charge in [0.15, 0.2) is 6.29 Å². The SMILES string of the molecule is CCCOc1ccccc1C(=O)Oc1c(C=O)ccc2ccccc12. The molecule has 0 unspecified atom stereocenters. The first-order valence-corrected chi connectivity index (χ1v) is 8.15. The molecule has 0 aliphatic rings. The average Bonchev–Trinajstić information content (AvgIpc) is 2.66. The van der Waals surface area contributed by atoms with Crippen LogP contribution in [0.5, 0.6) is 11.5 Å². The largest absolute Gasteiger partial charge is 0.493 e. The van der Waals surface area contributed by atoms with Gasteiger partial charge in [-0.3, -0.25) is 4.79 Å². The molecular formula is C21H18O4. The highest BCUT2D eigenvalue weighted by atomic mass is 16.5. The Kier molecular flexibility index (Phi) is 5.09. The van der Waals surface area contributed by atoms with Crippen molar-refractivity contribution in [1.29, 1.82) is 0 Å². The zero-order valence-electron chi connectivity index (χ0n) is 13.9. The van der Waals surface area contributed by atoms with E-state index in [4.69, 9.17) is 9.47 Å². The number of rotatable bonds is 6. The van der Waals surface area contributed by atoms with Crippen molar-refractivity contribution in [3.63, 3.8) is 0 Å². The molecule has 0 saturated heterocycles. The number of benzene rings is 3. The van der Waals surface area contributed by atoms with Crippen molar-refractivity contribution in [2.45, 2.75) is 13.3 Å². The third-order valence-corrected chi connectivity index (χ3v) is 3.80. The highest BCUT2D eigenvalue weighted by molar-refractivity contribution is 6.01. The van der Waals surface area contributed by atoms with Crippen molar-refractivity contribution < 1.29 is 19.1 Å². The van der Waals surface area contributed by atoms with Crippen molar-refractivity contribution in [3.8, 4) is 11.5 Å². The number of fused-ring (bicyclic) bond motifs is 1. The van der Waals surface area contributed by atoms with Crippen LogP contribution in [0.25, 0.3) is 10.8 Å². The van der Waals surface area contributed by atoms with Crippen LogP contribution in [0, 0.1) is 0 Å². The fourth-order valence-electron chi connectivity index (χ4n) is 2.59. The first-order valence-electron chi connectivity index (χ1n) is 8.15. The second kappa shape index (κ2) is 7.62. The summed E-state index contributed by atoms with van der Waals surface area (Å²) in [4.78, 5) is 24.1. The van der Waals surface area contributed by atoms with Gasteiger partial charge in [-0.2, -0.15) is 0 Å². The zero-order valence-corrected chi connectivity index (χ0v) is 13.9. The monoisotopic (exact) mass is 334 g/mol. The number of carbonyl (C=O) groups excluding carboxylic acids is 2. The van der Waals surface area contributed by atoms with E-state index in [0.29, 0.717) is 35.2 Å². The Balaban J connectivity index is 1.99. The van der Waals surface area contributed by atoms with E-state index in [1.165, 1.54) is 0 Å². The van der Waals surface area contributed by atoms with Crippen LogP contribution in [0.4, 0.5) is 0 Å². The molecule has 0 N–H and O–H groups in total. The lowest BCUT2D eigenvalue weighted by Gasteiger charge is -2.13.